The Kier molecular flexibility index (Phi) is 5.06. The highest BCUT2D eigenvalue weighted by molar-refractivity contribution is 6.07. The van der Waals surface area contributed by atoms with Crippen LogP contribution in [0, 0.1) is 6.92 Å². The van der Waals surface area contributed by atoms with E-state index in [1.165, 1.54) is 18.2 Å². The quantitative estimate of drug-likeness (QED) is 0.785. The number of hydrogen-bond donors (Lipinski definition) is 1. The number of carbonyl (C=O) groups is 2. The van der Waals surface area contributed by atoms with E-state index in [4.69, 9.17) is 4.74 Å². The summed E-state index contributed by atoms with van der Waals surface area (Å²) in [6.45, 7) is 2.06. The van der Waals surface area contributed by atoms with Crippen LogP contribution in [0.4, 0.5) is 18.0 Å². The van der Waals surface area contributed by atoms with Gasteiger partial charge in [-0.1, -0.05) is 42.0 Å². The molecule has 1 atom stereocenters. The molecule has 5 nitrogen and oxygen atoms in total. The minimum absolute atomic E-state index is 0.0168. The van der Waals surface area contributed by atoms with Crippen molar-refractivity contribution in [2.75, 3.05) is 6.61 Å². The predicted molar refractivity (Wildman–Crippen MR) is 95.6 cm³/mol. The standard InChI is InChI=1S/C20H19F3N2O3/c1-13-6-8-15(9-7-13)19(2)17(26)25(18(27)24-19)11-14-4-3-5-16(10-14)28-12-20(21,22)23/h3-10H,11-12H2,1-2H3,(H,24,27). The number of imide groups is 1. The van der Waals surface area contributed by atoms with Gasteiger partial charge in [0.15, 0.2) is 6.61 Å². The first kappa shape index (κ1) is 19.7. The van der Waals surface area contributed by atoms with E-state index in [1.54, 1.807) is 25.1 Å². The average Bonchev–Trinajstić information content (AvgIpc) is 2.84. The lowest BCUT2D eigenvalue weighted by molar-refractivity contribution is -0.153. The van der Waals surface area contributed by atoms with E-state index in [0.717, 1.165) is 10.5 Å². The summed E-state index contributed by atoms with van der Waals surface area (Å²) in [6.07, 6.45) is -4.45. The number of carbonyl (C=O) groups excluding carboxylic acids is 2. The summed E-state index contributed by atoms with van der Waals surface area (Å²) < 4.78 is 41.7. The van der Waals surface area contributed by atoms with Crippen LogP contribution in [0.25, 0.3) is 0 Å². The maximum Gasteiger partial charge on any atom is 0.422 e. The number of hydrogen-bond acceptors (Lipinski definition) is 3. The van der Waals surface area contributed by atoms with Crippen molar-refractivity contribution < 1.29 is 27.5 Å². The number of nitrogens with zero attached hydrogens (tertiary/aromatic N) is 1. The monoisotopic (exact) mass is 392 g/mol. The molecule has 0 aliphatic carbocycles. The molecule has 2 aromatic rings. The van der Waals surface area contributed by atoms with E-state index in [-0.39, 0.29) is 12.3 Å². The van der Waals surface area contributed by atoms with Gasteiger partial charge < -0.3 is 10.1 Å². The van der Waals surface area contributed by atoms with Gasteiger partial charge in [0, 0.05) is 0 Å². The first-order chi connectivity index (χ1) is 13.1. The molecule has 0 saturated carbocycles. The van der Waals surface area contributed by atoms with Crippen molar-refractivity contribution in [1.82, 2.24) is 10.2 Å². The van der Waals surface area contributed by atoms with Gasteiger partial charge in [-0.25, -0.2) is 4.79 Å². The number of amides is 3. The molecule has 1 saturated heterocycles. The Morgan fingerprint density at radius 3 is 2.43 bits per heavy atom. The van der Waals surface area contributed by atoms with Crippen LogP contribution in [0.2, 0.25) is 0 Å². The molecule has 0 aromatic heterocycles. The Morgan fingerprint density at radius 1 is 1.11 bits per heavy atom. The van der Waals surface area contributed by atoms with Crippen LogP contribution in [0.5, 0.6) is 5.75 Å². The molecule has 3 amide bonds. The molecular weight excluding hydrogens is 373 g/mol. The van der Waals surface area contributed by atoms with Crippen LogP contribution in [-0.4, -0.2) is 29.6 Å². The summed E-state index contributed by atoms with van der Waals surface area (Å²) in [5.74, 6) is -0.411. The fourth-order valence-corrected chi connectivity index (χ4v) is 3.00. The third-order valence-corrected chi connectivity index (χ3v) is 4.55. The third kappa shape index (κ3) is 4.11. The molecule has 0 spiro atoms. The zero-order valence-corrected chi connectivity index (χ0v) is 15.3. The van der Waals surface area contributed by atoms with Gasteiger partial charge in [-0.15, -0.1) is 0 Å². The fourth-order valence-electron chi connectivity index (χ4n) is 3.00. The highest BCUT2D eigenvalue weighted by Gasteiger charge is 2.48. The van der Waals surface area contributed by atoms with E-state index in [1.807, 2.05) is 19.1 Å². The molecular formula is C20H19F3N2O3. The summed E-state index contributed by atoms with van der Waals surface area (Å²) in [7, 11) is 0. The topological polar surface area (TPSA) is 58.6 Å². The molecule has 0 bridgehead atoms. The van der Waals surface area contributed by atoms with Crippen LogP contribution < -0.4 is 10.1 Å². The predicted octanol–water partition coefficient (Wildman–Crippen LogP) is 3.90. The second-order valence-corrected chi connectivity index (χ2v) is 6.86. The van der Waals surface area contributed by atoms with Gasteiger partial charge in [0.25, 0.3) is 5.91 Å². The maximum atomic E-state index is 12.9. The van der Waals surface area contributed by atoms with Crippen molar-refractivity contribution in [2.45, 2.75) is 32.1 Å². The van der Waals surface area contributed by atoms with E-state index >= 15 is 0 Å². The molecule has 0 radical (unpaired) electrons. The molecule has 148 valence electrons. The first-order valence-corrected chi connectivity index (χ1v) is 8.58. The first-order valence-electron chi connectivity index (χ1n) is 8.58. The number of alkyl halides is 3. The Balaban J connectivity index is 1.77. The van der Waals surface area contributed by atoms with Gasteiger partial charge >= 0.3 is 12.2 Å². The van der Waals surface area contributed by atoms with Crippen molar-refractivity contribution in [3.8, 4) is 5.75 Å². The van der Waals surface area contributed by atoms with Crippen molar-refractivity contribution in [2.24, 2.45) is 0 Å². The summed E-state index contributed by atoms with van der Waals surface area (Å²) in [4.78, 5) is 26.4. The molecule has 1 heterocycles. The minimum atomic E-state index is -4.45. The van der Waals surface area contributed by atoms with E-state index in [0.29, 0.717) is 11.1 Å². The van der Waals surface area contributed by atoms with E-state index in [2.05, 4.69) is 5.32 Å². The lowest BCUT2D eigenvalue weighted by atomic mass is 9.91. The van der Waals surface area contributed by atoms with E-state index in [9.17, 15) is 22.8 Å². The smallest absolute Gasteiger partial charge is 0.422 e. The largest absolute Gasteiger partial charge is 0.484 e. The van der Waals surface area contributed by atoms with Gasteiger partial charge in [-0.3, -0.25) is 9.69 Å². The molecule has 3 rings (SSSR count). The Labute approximate surface area is 160 Å². The van der Waals surface area contributed by atoms with Gasteiger partial charge in [-0.05, 0) is 37.1 Å². The molecule has 8 heteroatoms. The highest BCUT2D eigenvalue weighted by Crippen LogP contribution is 2.30. The van der Waals surface area contributed by atoms with Crippen molar-refractivity contribution >= 4 is 11.9 Å². The van der Waals surface area contributed by atoms with Crippen LogP contribution in [0.3, 0.4) is 0 Å². The number of aryl methyl sites for hydroxylation is 1. The number of halogens is 3. The Bertz CT molecular complexity index is 896. The molecule has 28 heavy (non-hydrogen) atoms. The van der Waals surface area contributed by atoms with Gasteiger partial charge in [0.1, 0.15) is 11.3 Å². The second kappa shape index (κ2) is 7.18. The van der Waals surface area contributed by atoms with Crippen LogP contribution in [0.15, 0.2) is 48.5 Å². The number of urea groups is 1. The fraction of sp³-hybridized carbons (Fsp3) is 0.300. The summed E-state index contributed by atoms with van der Waals surface area (Å²) in [5.41, 5.74) is 0.962. The van der Waals surface area contributed by atoms with Crippen LogP contribution >= 0.6 is 0 Å². The lowest BCUT2D eigenvalue weighted by Gasteiger charge is -2.22. The summed E-state index contributed by atoms with van der Waals surface area (Å²) in [5, 5.41) is 2.70. The zero-order valence-electron chi connectivity index (χ0n) is 15.3. The average molecular weight is 392 g/mol. The molecule has 1 fully saturated rings. The molecule has 1 N–H and O–H groups in total. The number of rotatable bonds is 5. The summed E-state index contributed by atoms with van der Waals surface area (Å²) >= 11 is 0. The van der Waals surface area contributed by atoms with Gasteiger partial charge in [0.05, 0.1) is 6.54 Å². The SMILES string of the molecule is Cc1ccc(C2(C)NC(=O)N(Cc3cccc(OCC(F)(F)F)c3)C2=O)cc1. The Morgan fingerprint density at radius 2 is 1.79 bits per heavy atom. The third-order valence-electron chi connectivity index (χ3n) is 4.55. The highest BCUT2D eigenvalue weighted by atomic mass is 19.4. The summed E-state index contributed by atoms with van der Waals surface area (Å²) in [6, 6.07) is 12.6. The number of nitrogens with one attached hydrogen (secondary N) is 1. The number of ether oxygens (including phenoxy) is 1. The number of benzene rings is 2. The van der Waals surface area contributed by atoms with E-state index < -0.39 is 30.3 Å². The normalized spacial score (nSPS) is 19.7. The molecule has 1 unspecified atom stereocenters. The maximum absolute atomic E-state index is 12.9. The van der Waals surface area contributed by atoms with Crippen molar-refractivity contribution in [3.05, 3.63) is 65.2 Å². The van der Waals surface area contributed by atoms with Crippen molar-refractivity contribution in [3.63, 3.8) is 0 Å². The van der Waals surface area contributed by atoms with Crippen molar-refractivity contribution in [1.29, 1.82) is 0 Å². The molecule has 2 aromatic carbocycles. The second-order valence-electron chi connectivity index (χ2n) is 6.86. The van der Waals surface area contributed by atoms with Crippen LogP contribution in [0.1, 0.15) is 23.6 Å². The zero-order chi connectivity index (χ0) is 20.5. The van der Waals surface area contributed by atoms with Gasteiger partial charge in [0.2, 0.25) is 0 Å². The lowest BCUT2D eigenvalue weighted by Crippen LogP contribution is -2.40. The molecule has 1 aliphatic heterocycles. The van der Waals surface area contributed by atoms with Gasteiger partial charge in [-0.2, -0.15) is 13.2 Å². The minimum Gasteiger partial charge on any atom is -0.484 e. The molecule has 1 aliphatic rings. The Hall–Kier alpha value is -3.03. The van der Waals surface area contributed by atoms with Crippen LogP contribution in [-0.2, 0) is 16.9 Å².